The largest absolute Gasteiger partial charge is 0.475 e. The van der Waals surface area contributed by atoms with Crippen LogP contribution < -0.4 is 15.0 Å². The Morgan fingerprint density at radius 1 is 1.33 bits per heavy atom. The zero-order chi connectivity index (χ0) is 16.9. The van der Waals surface area contributed by atoms with Gasteiger partial charge in [0.15, 0.2) is 5.82 Å². The highest BCUT2D eigenvalue weighted by atomic mass is 32.1. The summed E-state index contributed by atoms with van der Waals surface area (Å²) in [5, 5.41) is 3.08. The van der Waals surface area contributed by atoms with Crippen LogP contribution in [0.25, 0.3) is 0 Å². The first-order valence-corrected chi connectivity index (χ1v) is 8.81. The summed E-state index contributed by atoms with van der Waals surface area (Å²) in [5.41, 5.74) is 0.553. The molecule has 24 heavy (non-hydrogen) atoms. The number of pyridine rings is 1. The first-order valence-electron chi connectivity index (χ1n) is 8.08. The molecule has 8 heteroatoms. The number of rotatable bonds is 5. The fourth-order valence-corrected chi connectivity index (χ4v) is 3.08. The molecule has 7 nitrogen and oxygen atoms in total. The zero-order valence-corrected chi connectivity index (χ0v) is 14.6. The van der Waals surface area contributed by atoms with Crippen molar-refractivity contribution in [2.75, 3.05) is 18.0 Å². The molecule has 3 heterocycles. The van der Waals surface area contributed by atoms with Crippen LogP contribution >= 0.6 is 11.7 Å². The lowest BCUT2D eigenvalue weighted by Gasteiger charge is -2.32. The third kappa shape index (κ3) is 4.19. The van der Waals surface area contributed by atoms with Gasteiger partial charge in [-0.3, -0.25) is 4.79 Å². The molecule has 0 spiro atoms. The van der Waals surface area contributed by atoms with Gasteiger partial charge < -0.3 is 15.0 Å². The van der Waals surface area contributed by atoms with Gasteiger partial charge in [0, 0.05) is 31.4 Å². The molecule has 0 radical (unpaired) electrons. The highest BCUT2D eigenvalue weighted by Crippen LogP contribution is 2.18. The summed E-state index contributed by atoms with van der Waals surface area (Å²) >= 11 is 1.22. The number of carbonyl (C=O) groups is 1. The van der Waals surface area contributed by atoms with Gasteiger partial charge in [-0.1, -0.05) is 0 Å². The van der Waals surface area contributed by atoms with Crippen LogP contribution in [0.2, 0.25) is 0 Å². The summed E-state index contributed by atoms with van der Waals surface area (Å²) in [6, 6.07) is 3.65. The van der Waals surface area contributed by atoms with Crippen LogP contribution in [0, 0.1) is 0 Å². The number of anilines is 1. The third-order valence-electron chi connectivity index (χ3n) is 3.86. The Labute approximate surface area is 145 Å². The Bertz CT molecular complexity index is 652. The van der Waals surface area contributed by atoms with E-state index in [1.165, 1.54) is 11.7 Å². The van der Waals surface area contributed by atoms with E-state index in [-0.39, 0.29) is 18.1 Å². The monoisotopic (exact) mass is 347 g/mol. The standard InChI is InChI=1S/C16H21N5O2S/c1-11(2)23-15-4-3-12(9-17-15)16(22)19-13-5-7-21(8-6-13)14-10-18-24-20-14/h3-4,9-11,13H,5-8H2,1-2H3,(H,19,22). The van der Waals surface area contributed by atoms with Gasteiger partial charge in [-0.15, -0.1) is 0 Å². The van der Waals surface area contributed by atoms with Crippen molar-refractivity contribution in [2.24, 2.45) is 0 Å². The van der Waals surface area contributed by atoms with Gasteiger partial charge in [0.25, 0.3) is 5.91 Å². The maximum atomic E-state index is 12.3. The number of hydrogen-bond donors (Lipinski definition) is 1. The van der Waals surface area contributed by atoms with E-state index in [1.54, 1.807) is 24.5 Å². The van der Waals surface area contributed by atoms with Crippen LogP contribution in [0.1, 0.15) is 37.0 Å². The minimum atomic E-state index is -0.0904. The predicted molar refractivity (Wildman–Crippen MR) is 92.6 cm³/mol. The summed E-state index contributed by atoms with van der Waals surface area (Å²) < 4.78 is 13.8. The van der Waals surface area contributed by atoms with Crippen LogP contribution in [0.4, 0.5) is 5.82 Å². The number of aromatic nitrogens is 3. The molecule has 0 aromatic carbocycles. The molecule has 0 unspecified atom stereocenters. The highest BCUT2D eigenvalue weighted by Gasteiger charge is 2.22. The molecule has 0 bridgehead atoms. The van der Waals surface area contributed by atoms with E-state index in [4.69, 9.17) is 4.74 Å². The number of carbonyl (C=O) groups excluding carboxylic acids is 1. The molecule has 1 amide bonds. The number of hydrogen-bond acceptors (Lipinski definition) is 7. The Balaban J connectivity index is 1.50. The minimum absolute atomic E-state index is 0.0651. The van der Waals surface area contributed by atoms with Crippen LogP contribution in [0.3, 0.4) is 0 Å². The number of nitrogens with one attached hydrogen (secondary N) is 1. The smallest absolute Gasteiger partial charge is 0.253 e. The summed E-state index contributed by atoms with van der Waals surface area (Å²) in [5.74, 6) is 1.37. The molecule has 3 rings (SSSR count). The number of piperidine rings is 1. The maximum Gasteiger partial charge on any atom is 0.253 e. The lowest BCUT2D eigenvalue weighted by atomic mass is 10.0. The van der Waals surface area contributed by atoms with Crippen LogP contribution in [0.5, 0.6) is 5.88 Å². The molecule has 0 atom stereocenters. The normalized spacial score (nSPS) is 15.5. The van der Waals surface area contributed by atoms with Crippen LogP contribution in [0.15, 0.2) is 24.5 Å². The summed E-state index contributed by atoms with van der Waals surface area (Å²) in [7, 11) is 0. The molecule has 1 fully saturated rings. The van der Waals surface area contributed by atoms with Crippen molar-refractivity contribution in [1.82, 2.24) is 19.0 Å². The lowest BCUT2D eigenvalue weighted by Crippen LogP contribution is -2.44. The lowest BCUT2D eigenvalue weighted by molar-refractivity contribution is 0.0930. The molecule has 2 aromatic heterocycles. The van der Waals surface area contributed by atoms with Crippen molar-refractivity contribution in [3.05, 3.63) is 30.1 Å². The van der Waals surface area contributed by atoms with Crippen molar-refractivity contribution in [3.63, 3.8) is 0 Å². The molecule has 1 aliphatic rings. The summed E-state index contributed by atoms with van der Waals surface area (Å²) in [6.45, 7) is 5.62. The van der Waals surface area contributed by atoms with E-state index in [2.05, 4.69) is 23.9 Å². The first-order chi connectivity index (χ1) is 11.6. The van der Waals surface area contributed by atoms with Crippen molar-refractivity contribution in [3.8, 4) is 5.88 Å². The Morgan fingerprint density at radius 3 is 2.71 bits per heavy atom. The van der Waals surface area contributed by atoms with Crippen molar-refractivity contribution < 1.29 is 9.53 Å². The molecular weight excluding hydrogens is 326 g/mol. The molecule has 128 valence electrons. The average Bonchev–Trinajstić information content (AvgIpc) is 3.10. The van der Waals surface area contributed by atoms with E-state index >= 15 is 0 Å². The van der Waals surface area contributed by atoms with Crippen LogP contribution in [-0.2, 0) is 0 Å². The Morgan fingerprint density at radius 2 is 2.12 bits per heavy atom. The fraction of sp³-hybridized carbons (Fsp3) is 0.500. The van der Waals surface area contributed by atoms with E-state index < -0.39 is 0 Å². The molecule has 0 aliphatic carbocycles. The number of amides is 1. The first kappa shape index (κ1) is 16.6. The average molecular weight is 347 g/mol. The Hall–Kier alpha value is -2.22. The van der Waals surface area contributed by atoms with E-state index in [9.17, 15) is 4.79 Å². The van der Waals surface area contributed by atoms with Crippen molar-refractivity contribution in [1.29, 1.82) is 0 Å². The topological polar surface area (TPSA) is 80.2 Å². The van der Waals surface area contributed by atoms with Crippen molar-refractivity contribution in [2.45, 2.75) is 38.8 Å². The molecular formula is C16H21N5O2S. The fourth-order valence-electron chi connectivity index (χ4n) is 2.65. The van der Waals surface area contributed by atoms with E-state index in [1.807, 2.05) is 13.8 Å². The quantitative estimate of drug-likeness (QED) is 0.892. The number of ether oxygens (including phenoxy) is 1. The van der Waals surface area contributed by atoms with Gasteiger partial charge in [0.05, 0.1) is 29.6 Å². The molecule has 0 saturated carbocycles. The second-order valence-electron chi connectivity index (χ2n) is 6.05. The molecule has 2 aromatic rings. The summed E-state index contributed by atoms with van der Waals surface area (Å²) in [4.78, 5) is 18.7. The van der Waals surface area contributed by atoms with Crippen LogP contribution in [-0.4, -0.2) is 44.9 Å². The highest BCUT2D eigenvalue weighted by molar-refractivity contribution is 6.99. The molecule has 1 saturated heterocycles. The van der Waals surface area contributed by atoms with E-state index in [0.29, 0.717) is 11.4 Å². The second-order valence-corrected chi connectivity index (χ2v) is 6.61. The molecule has 1 N–H and O–H groups in total. The van der Waals surface area contributed by atoms with E-state index in [0.717, 1.165) is 31.7 Å². The van der Waals surface area contributed by atoms with Gasteiger partial charge in [-0.05, 0) is 32.8 Å². The minimum Gasteiger partial charge on any atom is -0.475 e. The van der Waals surface area contributed by atoms with Gasteiger partial charge in [0.1, 0.15) is 0 Å². The van der Waals surface area contributed by atoms with Gasteiger partial charge >= 0.3 is 0 Å². The maximum absolute atomic E-state index is 12.3. The SMILES string of the molecule is CC(C)Oc1ccc(C(=O)NC2CCN(c3cnsn3)CC2)cn1. The molecule has 1 aliphatic heterocycles. The summed E-state index contributed by atoms with van der Waals surface area (Å²) in [6.07, 6.45) is 5.20. The van der Waals surface area contributed by atoms with Gasteiger partial charge in [-0.2, -0.15) is 8.75 Å². The Kier molecular flexibility index (Phi) is 5.24. The predicted octanol–water partition coefficient (Wildman–Crippen LogP) is 2.12. The zero-order valence-electron chi connectivity index (χ0n) is 13.8. The second kappa shape index (κ2) is 7.57. The third-order valence-corrected chi connectivity index (χ3v) is 4.33. The number of nitrogens with zero attached hydrogens (tertiary/aromatic N) is 4. The van der Waals surface area contributed by atoms with Gasteiger partial charge in [-0.25, -0.2) is 4.98 Å². The van der Waals surface area contributed by atoms with Crippen molar-refractivity contribution >= 4 is 23.5 Å². The van der Waals surface area contributed by atoms with Gasteiger partial charge in [0.2, 0.25) is 5.88 Å².